The van der Waals surface area contributed by atoms with Crippen LogP contribution in [-0.2, 0) is 21.5 Å². The van der Waals surface area contributed by atoms with E-state index in [1.54, 1.807) is 0 Å². The number of thiocarbonyl (C=S) groups is 1. The van der Waals surface area contributed by atoms with Gasteiger partial charge in [-0.2, -0.15) is 0 Å². The van der Waals surface area contributed by atoms with Crippen molar-refractivity contribution in [3.05, 3.63) is 71.9 Å². The van der Waals surface area contributed by atoms with Crippen molar-refractivity contribution < 1.29 is 9.53 Å². The predicted octanol–water partition coefficient (Wildman–Crippen LogP) is 4.36. The molecule has 4 rings (SSSR count). The highest BCUT2D eigenvalue weighted by atomic mass is 32.1. The summed E-state index contributed by atoms with van der Waals surface area (Å²) in [6, 6.07) is 18.4. The van der Waals surface area contributed by atoms with Crippen molar-refractivity contribution in [3.8, 4) is 0 Å². The molecule has 186 valence electrons. The quantitative estimate of drug-likeness (QED) is 0.321. The van der Waals surface area contributed by atoms with E-state index in [4.69, 9.17) is 17.0 Å². The van der Waals surface area contributed by atoms with Crippen LogP contribution in [0.1, 0.15) is 36.8 Å². The van der Waals surface area contributed by atoms with Crippen LogP contribution in [0, 0.1) is 5.92 Å². The largest absolute Gasteiger partial charge is 0.467 e. The Balaban J connectivity index is 1.32. The van der Waals surface area contributed by atoms with E-state index in [2.05, 4.69) is 71.0 Å². The lowest BCUT2D eigenvalue weighted by molar-refractivity contribution is -0.142. The maximum Gasteiger partial charge on any atom is 0.328 e. The molecule has 1 atom stereocenters. The molecule has 1 saturated carbocycles. The first-order chi connectivity index (χ1) is 16.9. The molecule has 3 aromatic rings. The molecule has 7 heteroatoms. The van der Waals surface area contributed by atoms with E-state index < -0.39 is 6.04 Å². The number of carbonyl (C=O) groups is 1. The van der Waals surface area contributed by atoms with Crippen LogP contribution in [0.2, 0.25) is 0 Å². The van der Waals surface area contributed by atoms with Crippen LogP contribution in [-0.4, -0.2) is 54.8 Å². The van der Waals surface area contributed by atoms with Crippen LogP contribution in [0.5, 0.6) is 0 Å². The third-order valence-electron chi connectivity index (χ3n) is 7.54. The summed E-state index contributed by atoms with van der Waals surface area (Å²) in [5.41, 5.74) is 3.59. The highest BCUT2D eigenvalue weighted by molar-refractivity contribution is 7.80. The second-order valence-corrected chi connectivity index (χ2v) is 10.1. The second kappa shape index (κ2) is 11.2. The fourth-order valence-electron chi connectivity index (χ4n) is 5.40. The van der Waals surface area contributed by atoms with E-state index in [0.29, 0.717) is 17.5 Å². The molecule has 0 spiro atoms. The normalized spacial score (nSPS) is 21.0. The lowest BCUT2D eigenvalue weighted by Crippen LogP contribution is -2.49. The number of fused-ring (bicyclic) bond motifs is 1. The van der Waals surface area contributed by atoms with Crippen molar-refractivity contribution in [2.75, 3.05) is 27.7 Å². The van der Waals surface area contributed by atoms with Gasteiger partial charge in [0.1, 0.15) is 6.04 Å². The Kier molecular flexibility index (Phi) is 8.08. The van der Waals surface area contributed by atoms with E-state index in [1.807, 2.05) is 24.4 Å². The topological polar surface area (TPSA) is 69.4 Å². The van der Waals surface area contributed by atoms with Crippen molar-refractivity contribution in [2.24, 2.45) is 5.92 Å². The Bertz CT molecular complexity index is 1140. The zero-order chi connectivity index (χ0) is 24.8. The molecule has 1 heterocycles. The van der Waals surface area contributed by atoms with Gasteiger partial charge >= 0.3 is 5.97 Å². The van der Waals surface area contributed by atoms with Gasteiger partial charge in [0.15, 0.2) is 5.11 Å². The Morgan fingerprint density at radius 3 is 2.51 bits per heavy atom. The fraction of sp³-hybridized carbons (Fsp3) is 0.429. The van der Waals surface area contributed by atoms with Gasteiger partial charge < -0.3 is 20.4 Å². The second-order valence-electron chi connectivity index (χ2n) is 9.73. The standard InChI is InChI=1S/C28H36N4O2S/c1-32(2)28(22-9-5-4-6-10-22)15-13-20(14-16-28)18-30-27(35)31-25(26(33)34-3)17-21-19-29-24-12-8-7-11-23(21)24/h4-12,19-20,25,29H,13-18H2,1-3H3,(H2,30,31,35). The number of benzene rings is 2. The van der Waals surface area contributed by atoms with Crippen LogP contribution in [0.3, 0.4) is 0 Å². The number of aromatic amines is 1. The minimum absolute atomic E-state index is 0.0891. The van der Waals surface area contributed by atoms with Crippen LogP contribution in [0.25, 0.3) is 10.9 Å². The molecule has 35 heavy (non-hydrogen) atoms. The van der Waals surface area contributed by atoms with Gasteiger partial charge in [0, 0.05) is 35.6 Å². The third-order valence-corrected chi connectivity index (χ3v) is 7.80. The first kappa shape index (κ1) is 25.2. The maximum atomic E-state index is 12.5. The number of ether oxygens (including phenoxy) is 1. The smallest absolute Gasteiger partial charge is 0.328 e. The zero-order valence-corrected chi connectivity index (χ0v) is 21.7. The number of hydrogen-bond donors (Lipinski definition) is 3. The van der Waals surface area contributed by atoms with Gasteiger partial charge in [-0.05, 0) is 75.1 Å². The van der Waals surface area contributed by atoms with Crippen molar-refractivity contribution >= 4 is 34.2 Å². The number of nitrogens with one attached hydrogen (secondary N) is 3. The molecular formula is C28H36N4O2S. The number of carbonyl (C=O) groups excluding carboxylic acids is 1. The van der Waals surface area contributed by atoms with Gasteiger partial charge in [-0.25, -0.2) is 4.79 Å². The van der Waals surface area contributed by atoms with Gasteiger partial charge in [-0.15, -0.1) is 0 Å². The highest BCUT2D eigenvalue weighted by Gasteiger charge is 2.38. The Labute approximate surface area is 213 Å². The first-order valence-electron chi connectivity index (χ1n) is 12.3. The van der Waals surface area contributed by atoms with Gasteiger partial charge in [-0.1, -0.05) is 48.5 Å². The summed E-state index contributed by atoms with van der Waals surface area (Å²) in [4.78, 5) is 18.1. The third kappa shape index (κ3) is 5.68. The molecule has 1 fully saturated rings. The molecular weight excluding hydrogens is 456 g/mol. The molecule has 1 aliphatic carbocycles. The van der Waals surface area contributed by atoms with Gasteiger partial charge in [-0.3, -0.25) is 4.90 Å². The number of rotatable bonds is 8. The Hall–Kier alpha value is -2.90. The molecule has 0 aliphatic heterocycles. The number of hydrogen-bond acceptors (Lipinski definition) is 4. The molecule has 1 unspecified atom stereocenters. The lowest BCUT2D eigenvalue weighted by Gasteiger charge is -2.45. The molecule has 2 aromatic carbocycles. The number of esters is 1. The van der Waals surface area contributed by atoms with E-state index in [-0.39, 0.29) is 11.5 Å². The summed E-state index contributed by atoms with van der Waals surface area (Å²) in [5, 5.41) is 8.16. The van der Waals surface area contributed by atoms with Crippen molar-refractivity contribution in [1.82, 2.24) is 20.5 Å². The summed E-state index contributed by atoms with van der Waals surface area (Å²) in [6.07, 6.45) is 6.91. The van der Waals surface area contributed by atoms with Crippen LogP contribution in [0.4, 0.5) is 0 Å². The number of H-pyrrole nitrogens is 1. The molecule has 0 radical (unpaired) electrons. The maximum absolute atomic E-state index is 12.5. The van der Waals surface area contributed by atoms with Crippen LogP contribution >= 0.6 is 12.2 Å². The van der Waals surface area contributed by atoms with Crippen molar-refractivity contribution in [2.45, 2.75) is 43.7 Å². The van der Waals surface area contributed by atoms with Crippen LogP contribution < -0.4 is 10.6 Å². The predicted molar refractivity (Wildman–Crippen MR) is 145 cm³/mol. The number of methoxy groups -OCH3 is 1. The number of nitrogens with zero attached hydrogens (tertiary/aromatic N) is 1. The number of aromatic nitrogens is 1. The lowest BCUT2D eigenvalue weighted by atomic mass is 9.72. The van der Waals surface area contributed by atoms with E-state index in [9.17, 15) is 4.79 Å². The molecule has 1 aromatic heterocycles. The molecule has 1 aliphatic rings. The summed E-state index contributed by atoms with van der Waals surface area (Å²) in [7, 11) is 5.78. The Morgan fingerprint density at radius 2 is 1.83 bits per heavy atom. The van der Waals surface area contributed by atoms with E-state index in [1.165, 1.54) is 12.7 Å². The number of para-hydroxylation sites is 1. The molecule has 0 bridgehead atoms. The molecule has 0 saturated heterocycles. The SMILES string of the molecule is COC(=O)C(Cc1c[nH]c2ccccc12)NC(=S)NCC1CCC(c2ccccc2)(N(C)C)CC1. The summed E-state index contributed by atoms with van der Waals surface area (Å²) in [6.45, 7) is 0.797. The first-order valence-corrected chi connectivity index (χ1v) is 12.7. The summed E-state index contributed by atoms with van der Waals surface area (Å²) in [5.74, 6) is 0.215. The van der Waals surface area contributed by atoms with E-state index >= 15 is 0 Å². The monoisotopic (exact) mass is 492 g/mol. The fourth-order valence-corrected chi connectivity index (χ4v) is 5.63. The minimum Gasteiger partial charge on any atom is -0.467 e. The average Bonchev–Trinajstić information content (AvgIpc) is 3.30. The Morgan fingerprint density at radius 1 is 1.14 bits per heavy atom. The molecule has 0 amide bonds. The highest BCUT2D eigenvalue weighted by Crippen LogP contribution is 2.42. The van der Waals surface area contributed by atoms with Crippen molar-refractivity contribution in [3.63, 3.8) is 0 Å². The van der Waals surface area contributed by atoms with Crippen molar-refractivity contribution in [1.29, 1.82) is 0 Å². The zero-order valence-electron chi connectivity index (χ0n) is 20.8. The van der Waals surface area contributed by atoms with Gasteiger partial charge in [0.05, 0.1) is 7.11 Å². The van der Waals surface area contributed by atoms with Crippen LogP contribution in [0.15, 0.2) is 60.8 Å². The van der Waals surface area contributed by atoms with Gasteiger partial charge in [0.25, 0.3) is 0 Å². The summed E-state index contributed by atoms with van der Waals surface area (Å²) >= 11 is 5.57. The summed E-state index contributed by atoms with van der Waals surface area (Å²) < 4.78 is 5.05. The molecule has 6 nitrogen and oxygen atoms in total. The van der Waals surface area contributed by atoms with E-state index in [0.717, 1.165) is 48.7 Å². The minimum atomic E-state index is -0.551. The molecule has 3 N–H and O–H groups in total. The average molecular weight is 493 g/mol. The van der Waals surface area contributed by atoms with Gasteiger partial charge in [0.2, 0.25) is 0 Å².